The molecule has 1 aromatic heterocycles. The highest BCUT2D eigenvalue weighted by molar-refractivity contribution is 5.78. The first-order valence-corrected chi connectivity index (χ1v) is 5.14. The first-order chi connectivity index (χ1) is 7.29. The smallest absolute Gasteiger partial charge is 0.151 e. The van der Waals surface area contributed by atoms with Gasteiger partial charge in [-0.25, -0.2) is 0 Å². The lowest BCUT2D eigenvalue weighted by Gasteiger charge is -2.00. The molecular formula is C12H13N3. The summed E-state index contributed by atoms with van der Waals surface area (Å²) in [4.78, 5) is 0. The number of H-pyrrole nitrogens is 1. The Bertz CT molecular complexity index is 526. The third-order valence-electron chi connectivity index (χ3n) is 3.01. The number of rotatable bonds is 1. The predicted octanol–water partition coefficient (Wildman–Crippen LogP) is 2.33. The predicted molar refractivity (Wildman–Crippen MR) is 61.1 cm³/mol. The maximum absolute atomic E-state index is 4.25. The fourth-order valence-corrected chi connectivity index (χ4v) is 2.23. The van der Waals surface area contributed by atoms with Crippen LogP contribution in [0.2, 0.25) is 0 Å². The van der Waals surface area contributed by atoms with Crippen molar-refractivity contribution >= 4 is 5.82 Å². The molecule has 1 aliphatic rings. The monoisotopic (exact) mass is 199 g/mol. The molecule has 0 amide bonds. The van der Waals surface area contributed by atoms with Crippen molar-refractivity contribution in [1.82, 2.24) is 10.2 Å². The standard InChI is InChI=1S/C12H13N3/c1-7-3-4-8-6-10-11(9(8)5-7)14-15-12(10)13-2/h3-5H,6H2,1-2H3,(H2,13,14,15). The van der Waals surface area contributed by atoms with E-state index in [1.165, 1.54) is 27.9 Å². The van der Waals surface area contributed by atoms with Crippen LogP contribution < -0.4 is 5.32 Å². The molecule has 0 bridgehead atoms. The van der Waals surface area contributed by atoms with Gasteiger partial charge in [-0.15, -0.1) is 0 Å². The van der Waals surface area contributed by atoms with Gasteiger partial charge >= 0.3 is 0 Å². The minimum atomic E-state index is 0.971. The Morgan fingerprint density at radius 2 is 2.27 bits per heavy atom. The van der Waals surface area contributed by atoms with Crippen LogP contribution in [0.15, 0.2) is 18.2 Å². The van der Waals surface area contributed by atoms with E-state index in [4.69, 9.17) is 0 Å². The minimum absolute atomic E-state index is 0.971. The molecule has 0 saturated carbocycles. The maximum Gasteiger partial charge on any atom is 0.151 e. The van der Waals surface area contributed by atoms with Crippen LogP contribution in [0, 0.1) is 6.92 Å². The van der Waals surface area contributed by atoms with Crippen molar-refractivity contribution in [3.05, 3.63) is 34.9 Å². The van der Waals surface area contributed by atoms with Crippen LogP contribution in [-0.4, -0.2) is 17.2 Å². The summed E-state index contributed by atoms with van der Waals surface area (Å²) in [6.07, 6.45) is 0.984. The van der Waals surface area contributed by atoms with E-state index in [-0.39, 0.29) is 0 Å². The van der Waals surface area contributed by atoms with Crippen molar-refractivity contribution in [2.45, 2.75) is 13.3 Å². The van der Waals surface area contributed by atoms with E-state index >= 15 is 0 Å². The molecule has 0 aliphatic heterocycles. The molecule has 3 rings (SSSR count). The van der Waals surface area contributed by atoms with Gasteiger partial charge < -0.3 is 5.32 Å². The number of nitrogens with zero attached hydrogens (tertiary/aromatic N) is 1. The first-order valence-electron chi connectivity index (χ1n) is 5.14. The molecular weight excluding hydrogens is 186 g/mol. The molecule has 0 atom stereocenters. The van der Waals surface area contributed by atoms with Crippen LogP contribution in [0.5, 0.6) is 0 Å². The zero-order valence-electron chi connectivity index (χ0n) is 8.89. The number of fused-ring (bicyclic) bond motifs is 3. The lowest BCUT2D eigenvalue weighted by molar-refractivity contribution is 1.08. The van der Waals surface area contributed by atoms with Crippen LogP contribution in [0.25, 0.3) is 11.3 Å². The average molecular weight is 199 g/mol. The van der Waals surface area contributed by atoms with E-state index in [1.54, 1.807) is 0 Å². The molecule has 3 nitrogen and oxygen atoms in total. The van der Waals surface area contributed by atoms with Gasteiger partial charge in [0.05, 0.1) is 5.69 Å². The molecule has 1 heterocycles. The van der Waals surface area contributed by atoms with Gasteiger partial charge in [-0.1, -0.05) is 17.7 Å². The highest BCUT2D eigenvalue weighted by Gasteiger charge is 2.23. The minimum Gasteiger partial charge on any atom is -0.371 e. The lowest BCUT2D eigenvalue weighted by Crippen LogP contribution is -1.92. The van der Waals surface area contributed by atoms with Crippen LogP contribution in [0.4, 0.5) is 5.82 Å². The van der Waals surface area contributed by atoms with Crippen LogP contribution in [0.3, 0.4) is 0 Å². The molecule has 0 fully saturated rings. The second kappa shape index (κ2) is 2.86. The third-order valence-corrected chi connectivity index (χ3v) is 3.01. The van der Waals surface area contributed by atoms with Gasteiger partial charge in [-0.2, -0.15) is 5.10 Å². The lowest BCUT2D eigenvalue weighted by atomic mass is 10.1. The topological polar surface area (TPSA) is 40.7 Å². The number of anilines is 1. The van der Waals surface area contributed by atoms with Gasteiger partial charge in [0, 0.05) is 24.6 Å². The molecule has 76 valence electrons. The number of aromatic amines is 1. The zero-order valence-corrected chi connectivity index (χ0v) is 8.89. The Morgan fingerprint density at radius 3 is 3.07 bits per heavy atom. The van der Waals surface area contributed by atoms with E-state index < -0.39 is 0 Å². The number of hydrogen-bond acceptors (Lipinski definition) is 2. The molecule has 1 aromatic carbocycles. The van der Waals surface area contributed by atoms with Gasteiger partial charge in [0.25, 0.3) is 0 Å². The number of nitrogens with one attached hydrogen (secondary N) is 2. The van der Waals surface area contributed by atoms with E-state index in [0.717, 1.165) is 12.2 Å². The number of aryl methyl sites for hydroxylation is 1. The van der Waals surface area contributed by atoms with E-state index in [2.05, 4.69) is 40.6 Å². The van der Waals surface area contributed by atoms with Crippen LogP contribution in [-0.2, 0) is 6.42 Å². The second-order valence-corrected chi connectivity index (χ2v) is 4.01. The third kappa shape index (κ3) is 1.09. The summed E-state index contributed by atoms with van der Waals surface area (Å²) in [5, 5.41) is 10.5. The van der Waals surface area contributed by atoms with E-state index in [0.29, 0.717) is 0 Å². The van der Waals surface area contributed by atoms with Crippen molar-refractivity contribution in [2.24, 2.45) is 0 Å². The van der Waals surface area contributed by atoms with Crippen molar-refractivity contribution in [1.29, 1.82) is 0 Å². The van der Waals surface area contributed by atoms with Crippen LogP contribution >= 0.6 is 0 Å². The second-order valence-electron chi connectivity index (χ2n) is 4.01. The van der Waals surface area contributed by atoms with Crippen molar-refractivity contribution in [2.75, 3.05) is 12.4 Å². The summed E-state index contributed by atoms with van der Waals surface area (Å²) in [6, 6.07) is 6.59. The maximum atomic E-state index is 4.25. The summed E-state index contributed by atoms with van der Waals surface area (Å²) in [6.45, 7) is 2.12. The van der Waals surface area contributed by atoms with Gasteiger partial charge in [0.1, 0.15) is 0 Å². The Labute approximate surface area is 88.5 Å². The SMILES string of the molecule is CNc1n[nH]c2c1Cc1ccc(C)cc1-2. The van der Waals surface area contributed by atoms with Gasteiger partial charge in [0.15, 0.2) is 5.82 Å². The van der Waals surface area contributed by atoms with Crippen LogP contribution in [0.1, 0.15) is 16.7 Å². The molecule has 2 N–H and O–H groups in total. The number of hydrogen-bond donors (Lipinski definition) is 2. The fraction of sp³-hybridized carbons (Fsp3) is 0.250. The van der Waals surface area contributed by atoms with Crippen molar-refractivity contribution < 1.29 is 0 Å². The molecule has 1 aliphatic carbocycles. The summed E-state index contributed by atoms with van der Waals surface area (Å²) < 4.78 is 0. The highest BCUT2D eigenvalue weighted by atomic mass is 15.2. The first kappa shape index (κ1) is 8.53. The Hall–Kier alpha value is -1.77. The molecule has 0 radical (unpaired) electrons. The van der Waals surface area contributed by atoms with Crippen molar-refractivity contribution in [3.8, 4) is 11.3 Å². The fourth-order valence-electron chi connectivity index (χ4n) is 2.23. The Kier molecular flexibility index (Phi) is 1.63. The normalized spacial score (nSPS) is 12.4. The van der Waals surface area contributed by atoms with Gasteiger partial charge in [0.2, 0.25) is 0 Å². The molecule has 0 unspecified atom stereocenters. The van der Waals surface area contributed by atoms with Gasteiger partial charge in [-0.3, -0.25) is 5.10 Å². The molecule has 0 spiro atoms. The number of benzene rings is 1. The number of aromatic nitrogens is 2. The molecule has 0 saturated heterocycles. The summed E-state index contributed by atoms with van der Waals surface area (Å²) in [5.41, 5.74) is 6.46. The van der Waals surface area contributed by atoms with E-state index in [9.17, 15) is 0 Å². The molecule has 3 heteroatoms. The zero-order chi connectivity index (χ0) is 10.4. The largest absolute Gasteiger partial charge is 0.371 e. The van der Waals surface area contributed by atoms with E-state index in [1.807, 2.05) is 7.05 Å². The Morgan fingerprint density at radius 1 is 1.40 bits per heavy atom. The van der Waals surface area contributed by atoms with Gasteiger partial charge in [-0.05, 0) is 18.6 Å². The Balaban J connectivity index is 2.22. The molecule has 2 aromatic rings. The van der Waals surface area contributed by atoms with Crippen molar-refractivity contribution in [3.63, 3.8) is 0 Å². The summed E-state index contributed by atoms with van der Waals surface area (Å²) in [5.74, 6) is 0.971. The molecule has 15 heavy (non-hydrogen) atoms. The average Bonchev–Trinajstić information content (AvgIpc) is 2.76. The highest BCUT2D eigenvalue weighted by Crippen LogP contribution is 2.38. The summed E-state index contributed by atoms with van der Waals surface area (Å²) in [7, 11) is 1.91. The summed E-state index contributed by atoms with van der Waals surface area (Å²) >= 11 is 0. The quantitative estimate of drug-likeness (QED) is 0.631.